The van der Waals surface area contributed by atoms with Crippen LogP contribution in [0.4, 0.5) is 0 Å². The van der Waals surface area contributed by atoms with Gasteiger partial charge >= 0.3 is 0 Å². The number of ether oxygens (including phenoxy) is 3. The third-order valence-corrected chi connectivity index (χ3v) is 7.80. The maximum absolute atomic E-state index is 12.3. The van der Waals surface area contributed by atoms with E-state index in [1.807, 2.05) is 32.0 Å². The Morgan fingerprint density at radius 1 is 1.06 bits per heavy atom. The fraction of sp³-hybridized carbons (Fsp3) is 0.741. The van der Waals surface area contributed by atoms with Crippen molar-refractivity contribution in [2.24, 2.45) is 4.99 Å². The Bertz CT molecular complexity index is 750. The van der Waals surface area contributed by atoms with Crippen LogP contribution in [0, 0.1) is 0 Å². The van der Waals surface area contributed by atoms with Gasteiger partial charge in [-0.2, -0.15) is 0 Å². The molecular formula is C27H47N3O4S. The van der Waals surface area contributed by atoms with E-state index in [1.54, 1.807) is 6.21 Å². The topological polar surface area (TPSA) is 69.6 Å². The Morgan fingerprint density at radius 2 is 1.63 bits per heavy atom. The average molecular weight is 510 g/mol. The molecule has 200 valence electrons. The first-order valence-electron chi connectivity index (χ1n) is 13.2. The van der Waals surface area contributed by atoms with E-state index in [-0.39, 0.29) is 23.6 Å². The lowest BCUT2D eigenvalue weighted by atomic mass is 10.1. The van der Waals surface area contributed by atoms with E-state index in [0.29, 0.717) is 11.6 Å². The summed E-state index contributed by atoms with van der Waals surface area (Å²) in [4.78, 5) is 6.81. The van der Waals surface area contributed by atoms with E-state index >= 15 is 0 Å². The number of rotatable bonds is 12. The highest BCUT2D eigenvalue weighted by molar-refractivity contribution is 7.89. The molecule has 7 nitrogen and oxygen atoms in total. The predicted octanol–water partition coefficient (Wildman–Crippen LogP) is 5.53. The van der Waals surface area contributed by atoms with Crippen molar-refractivity contribution in [3.05, 3.63) is 35.8 Å². The quantitative estimate of drug-likeness (QED) is 0.149. The largest absolute Gasteiger partial charge is 0.598 e. The molecule has 2 heterocycles. The number of nitrogens with zero attached hydrogens (tertiary/aromatic N) is 3. The van der Waals surface area contributed by atoms with Gasteiger partial charge in [0, 0.05) is 69.4 Å². The average Bonchev–Trinajstić information content (AvgIpc) is 2.83. The van der Waals surface area contributed by atoms with Crippen LogP contribution >= 0.6 is 0 Å². The first kappa shape index (κ1) is 29.6. The van der Waals surface area contributed by atoms with Gasteiger partial charge in [-0.15, -0.1) is 4.31 Å². The van der Waals surface area contributed by atoms with Crippen molar-refractivity contribution in [2.45, 2.75) is 104 Å². The predicted molar refractivity (Wildman–Crippen MR) is 145 cm³/mol. The summed E-state index contributed by atoms with van der Waals surface area (Å²) in [5.74, 6) is 2.16. The highest BCUT2D eigenvalue weighted by Crippen LogP contribution is 2.27. The molecule has 0 radical (unpaired) electrons. The van der Waals surface area contributed by atoms with E-state index in [9.17, 15) is 4.55 Å². The van der Waals surface area contributed by atoms with Gasteiger partial charge in [-0.05, 0) is 54.0 Å². The van der Waals surface area contributed by atoms with Gasteiger partial charge in [-0.3, -0.25) is 0 Å². The minimum Gasteiger partial charge on any atom is -0.598 e. The van der Waals surface area contributed by atoms with Crippen LogP contribution in [0.15, 0.2) is 40.7 Å². The minimum atomic E-state index is -0.927. The van der Waals surface area contributed by atoms with Gasteiger partial charge in [0.15, 0.2) is 5.88 Å². The van der Waals surface area contributed by atoms with E-state index in [2.05, 4.69) is 43.3 Å². The monoisotopic (exact) mass is 509 g/mol. The summed E-state index contributed by atoms with van der Waals surface area (Å²) >= 11 is -0.927. The van der Waals surface area contributed by atoms with Crippen LogP contribution in [0.3, 0.4) is 0 Å². The Balaban J connectivity index is 1.93. The van der Waals surface area contributed by atoms with Gasteiger partial charge < -0.3 is 23.7 Å². The molecule has 0 aromatic heterocycles. The lowest BCUT2D eigenvalue weighted by Crippen LogP contribution is -2.43. The molecule has 2 aliphatic rings. The highest BCUT2D eigenvalue weighted by atomic mass is 32.2. The van der Waals surface area contributed by atoms with E-state index in [4.69, 9.17) is 14.2 Å². The molecule has 2 saturated heterocycles. The van der Waals surface area contributed by atoms with E-state index in [0.717, 1.165) is 69.7 Å². The molecule has 1 atom stereocenters. The van der Waals surface area contributed by atoms with Crippen LogP contribution in [-0.4, -0.2) is 69.7 Å². The highest BCUT2D eigenvalue weighted by Gasteiger charge is 2.30. The Kier molecular flexibility index (Phi) is 12.5. The van der Waals surface area contributed by atoms with Crippen molar-refractivity contribution in [1.29, 1.82) is 0 Å². The molecule has 0 saturated carbocycles. The van der Waals surface area contributed by atoms with Crippen LogP contribution in [-0.2, 0) is 25.6 Å². The summed E-state index contributed by atoms with van der Waals surface area (Å²) in [7, 11) is 0. The molecule has 0 aliphatic carbocycles. The Labute approximate surface area is 216 Å². The minimum absolute atomic E-state index is 0.0673. The van der Waals surface area contributed by atoms with E-state index in [1.165, 1.54) is 0 Å². The molecular weight excluding hydrogens is 462 g/mol. The lowest BCUT2D eigenvalue weighted by Gasteiger charge is -2.35. The zero-order valence-corrected chi connectivity index (χ0v) is 23.7. The van der Waals surface area contributed by atoms with Crippen LogP contribution < -0.4 is 0 Å². The summed E-state index contributed by atoms with van der Waals surface area (Å²) in [6.07, 6.45) is 8.64. The molecule has 0 amide bonds. The number of hydrogen-bond acceptors (Lipinski definition) is 7. The van der Waals surface area contributed by atoms with Crippen molar-refractivity contribution in [2.75, 3.05) is 26.2 Å². The van der Waals surface area contributed by atoms with Crippen molar-refractivity contribution >= 4 is 17.6 Å². The van der Waals surface area contributed by atoms with Crippen LogP contribution in [0.5, 0.6) is 0 Å². The standard InChI is InChI=1S/C27H47N3O4S/c1-9-11-26(32-20(3)4)29-16-12-25(13-17-29)34-27(28-10-2)22(7)23(8)33-24-14-18-30(19-15-24)35(31)21(5)6/h10-11,20-21,24-25H,8-9,12-19H2,1-7H3/b26-11+,27-22+,28-10?. The fourth-order valence-corrected chi connectivity index (χ4v) is 5.36. The van der Waals surface area contributed by atoms with Crippen LogP contribution in [0.25, 0.3) is 0 Å². The summed E-state index contributed by atoms with van der Waals surface area (Å²) in [6.45, 7) is 21.6. The first-order valence-corrected chi connectivity index (χ1v) is 14.3. The molecule has 2 aliphatic heterocycles. The summed E-state index contributed by atoms with van der Waals surface area (Å²) in [5.41, 5.74) is 0.827. The van der Waals surface area contributed by atoms with Crippen molar-refractivity contribution in [3.63, 3.8) is 0 Å². The third-order valence-electron chi connectivity index (χ3n) is 6.12. The van der Waals surface area contributed by atoms with Gasteiger partial charge in [0.05, 0.1) is 11.7 Å². The molecule has 2 rings (SSSR count). The zero-order chi connectivity index (χ0) is 26.0. The molecule has 0 aromatic carbocycles. The smallest absolute Gasteiger partial charge is 0.219 e. The molecule has 0 N–H and O–H groups in total. The third kappa shape index (κ3) is 9.39. The van der Waals surface area contributed by atoms with Gasteiger partial charge in [-0.25, -0.2) is 4.99 Å². The summed E-state index contributed by atoms with van der Waals surface area (Å²) in [5, 5.41) is 0.142. The second kappa shape index (κ2) is 14.8. The SMILES string of the molecule is C=C(OC1CCN([S+]([O-])C(C)C)CC1)/C(C)=C(\N=CC)OC1CCN(/C(=C\CC)OC(C)C)CC1. The molecule has 35 heavy (non-hydrogen) atoms. The molecule has 0 spiro atoms. The second-order valence-electron chi connectivity index (χ2n) is 9.73. The van der Waals surface area contributed by atoms with Gasteiger partial charge in [-0.1, -0.05) is 13.5 Å². The lowest BCUT2D eigenvalue weighted by molar-refractivity contribution is 0.0154. The van der Waals surface area contributed by atoms with Gasteiger partial charge in [0.1, 0.15) is 23.2 Å². The number of piperidine rings is 2. The fourth-order valence-electron chi connectivity index (χ4n) is 4.19. The van der Waals surface area contributed by atoms with Crippen molar-refractivity contribution in [3.8, 4) is 0 Å². The molecule has 0 bridgehead atoms. The molecule has 2 fully saturated rings. The Hall–Kier alpha value is -1.64. The van der Waals surface area contributed by atoms with Crippen LogP contribution in [0.1, 0.15) is 80.6 Å². The maximum Gasteiger partial charge on any atom is 0.219 e. The van der Waals surface area contributed by atoms with E-state index < -0.39 is 11.4 Å². The van der Waals surface area contributed by atoms with Crippen molar-refractivity contribution in [1.82, 2.24) is 9.21 Å². The number of allylic oxidation sites excluding steroid dienone is 2. The number of aliphatic imine (C=N–C) groups is 1. The van der Waals surface area contributed by atoms with Crippen molar-refractivity contribution < 1.29 is 18.8 Å². The van der Waals surface area contributed by atoms with Gasteiger partial charge in [0.2, 0.25) is 5.88 Å². The normalized spacial score (nSPS) is 21.0. The molecule has 8 heteroatoms. The number of hydrogen-bond donors (Lipinski definition) is 0. The maximum atomic E-state index is 12.3. The second-order valence-corrected chi connectivity index (χ2v) is 11.7. The zero-order valence-electron chi connectivity index (χ0n) is 22.9. The summed E-state index contributed by atoms with van der Waals surface area (Å²) < 4.78 is 33.0. The first-order chi connectivity index (χ1) is 16.7. The Morgan fingerprint density at radius 3 is 2.14 bits per heavy atom. The summed E-state index contributed by atoms with van der Waals surface area (Å²) in [6, 6.07) is 0. The van der Waals surface area contributed by atoms with Crippen LogP contribution in [0.2, 0.25) is 0 Å². The molecule has 0 aromatic rings. The molecule has 1 unspecified atom stereocenters. The number of likely N-dealkylation sites (tertiary alicyclic amines) is 1. The van der Waals surface area contributed by atoms with Gasteiger partial charge in [0.25, 0.3) is 0 Å².